The number of nitro groups is 1. The molecule has 2 N–H and O–H groups in total. The van der Waals surface area contributed by atoms with E-state index in [1.54, 1.807) is 6.92 Å². The van der Waals surface area contributed by atoms with Crippen molar-refractivity contribution in [2.24, 2.45) is 5.92 Å². The van der Waals surface area contributed by atoms with Gasteiger partial charge in [0.15, 0.2) is 0 Å². The number of hydrogen-bond acceptors (Lipinski definition) is 5. The number of rotatable bonds is 4. The maximum absolute atomic E-state index is 12.8. The van der Waals surface area contributed by atoms with Crippen molar-refractivity contribution in [2.75, 3.05) is 0 Å². The number of nitrogens with one attached hydrogen (secondary N) is 2. The van der Waals surface area contributed by atoms with Gasteiger partial charge in [-0.05, 0) is 56.2 Å². The molecule has 3 rings (SSSR count). The number of non-ortho nitro benzene ring substituents is 1. The number of esters is 1. The van der Waals surface area contributed by atoms with Crippen molar-refractivity contribution in [1.82, 2.24) is 10.6 Å². The van der Waals surface area contributed by atoms with Crippen molar-refractivity contribution in [3.63, 3.8) is 0 Å². The fourth-order valence-electron chi connectivity index (χ4n) is 3.57. The summed E-state index contributed by atoms with van der Waals surface area (Å²) in [4.78, 5) is 35.1. The first kappa shape index (κ1) is 18.9. The second-order valence-electron chi connectivity index (χ2n) is 7.21. The van der Waals surface area contributed by atoms with Gasteiger partial charge in [-0.15, -0.1) is 0 Å². The number of carbonyl (C=O) groups is 2. The molecule has 1 aromatic carbocycles. The summed E-state index contributed by atoms with van der Waals surface area (Å²) in [5.41, 5.74) is 1.28. The lowest BCUT2D eigenvalue weighted by molar-refractivity contribution is -0.384. The molecule has 1 atom stereocenters. The van der Waals surface area contributed by atoms with Gasteiger partial charge >= 0.3 is 12.0 Å². The van der Waals surface area contributed by atoms with Crippen LogP contribution in [0.4, 0.5) is 10.5 Å². The number of ether oxygens (including phenoxy) is 1. The van der Waals surface area contributed by atoms with Crippen LogP contribution >= 0.6 is 0 Å². The summed E-state index contributed by atoms with van der Waals surface area (Å²) < 4.78 is 5.70. The van der Waals surface area contributed by atoms with Crippen LogP contribution in [0.2, 0.25) is 0 Å². The zero-order valence-electron chi connectivity index (χ0n) is 15.4. The lowest BCUT2D eigenvalue weighted by Gasteiger charge is -2.31. The van der Waals surface area contributed by atoms with Gasteiger partial charge in [0.1, 0.15) is 6.10 Å². The highest BCUT2D eigenvalue weighted by atomic mass is 16.6. The second kappa shape index (κ2) is 7.77. The maximum Gasteiger partial charge on any atom is 0.338 e. The number of nitro benzene ring substituents is 1. The molecule has 0 bridgehead atoms. The van der Waals surface area contributed by atoms with Gasteiger partial charge in [0.25, 0.3) is 5.69 Å². The van der Waals surface area contributed by atoms with Gasteiger partial charge in [-0.2, -0.15) is 0 Å². The van der Waals surface area contributed by atoms with E-state index in [0.29, 0.717) is 22.8 Å². The molecule has 1 aliphatic heterocycles. The molecule has 0 spiro atoms. The molecule has 144 valence electrons. The Morgan fingerprint density at radius 3 is 2.41 bits per heavy atom. The molecule has 1 aliphatic carbocycles. The molecule has 0 saturated heterocycles. The predicted octanol–water partition coefficient (Wildman–Crippen LogP) is 3.34. The third kappa shape index (κ3) is 4.27. The normalized spacial score (nSPS) is 25.4. The van der Waals surface area contributed by atoms with Gasteiger partial charge in [-0.1, -0.05) is 6.92 Å². The minimum Gasteiger partial charge on any atom is -0.459 e. The first-order valence-corrected chi connectivity index (χ1v) is 9.08. The van der Waals surface area contributed by atoms with Gasteiger partial charge in [0.2, 0.25) is 0 Å². The molecule has 0 radical (unpaired) electrons. The van der Waals surface area contributed by atoms with Crippen molar-refractivity contribution in [3.05, 3.63) is 51.2 Å². The highest BCUT2D eigenvalue weighted by Gasteiger charge is 2.34. The van der Waals surface area contributed by atoms with Crippen molar-refractivity contribution >= 4 is 17.7 Å². The van der Waals surface area contributed by atoms with E-state index in [1.165, 1.54) is 24.3 Å². The Labute approximate surface area is 157 Å². The maximum atomic E-state index is 12.8. The Morgan fingerprint density at radius 1 is 1.19 bits per heavy atom. The van der Waals surface area contributed by atoms with Crippen LogP contribution in [-0.2, 0) is 9.53 Å². The quantitative estimate of drug-likeness (QED) is 0.478. The van der Waals surface area contributed by atoms with Crippen LogP contribution in [0.25, 0.3) is 0 Å². The Kier molecular flexibility index (Phi) is 5.43. The number of carbonyl (C=O) groups excluding carboxylic acids is 2. The van der Waals surface area contributed by atoms with E-state index in [0.717, 1.165) is 25.7 Å². The Balaban J connectivity index is 1.83. The predicted molar refractivity (Wildman–Crippen MR) is 97.7 cm³/mol. The minimum atomic E-state index is -0.713. The zero-order valence-corrected chi connectivity index (χ0v) is 15.4. The standard InChI is InChI=1S/C19H23N3O5/c1-11-3-9-15(10-4-11)27-18(23)16-12(2)20-19(24)21-17(16)13-5-7-14(8-6-13)22(25)26/h5-8,11,15,17H,3-4,9-10H2,1-2H3,(H2,20,21,24)/t11?,15?,17-/m1/s1. The van der Waals surface area contributed by atoms with Crippen LogP contribution in [0.1, 0.15) is 51.1 Å². The Hall–Kier alpha value is -2.90. The summed E-state index contributed by atoms with van der Waals surface area (Å²) in [6.45, 7) is 3.84. The van der Waals surface area contributed by atoms with E-state index in [9.17, 15) is 19.7 Å². The molecule has 1 heterocycles. The van der Waals surface area contributed by atoms with Crippen molar-refractivity contribution in [3.8, 4) is 0 Å². The van der Waals surface area contributed by atoms with Crippen LogP contribution in [-0.4, -0.2) is 23.0 Å². The molecule has 0 aromatic heterocycles. The Morgan fingerprint density at radius 2 is 1.81 bits per heavy atom. The van der Waals surface area contributed by atoms with E-state index >= 15 is 0 Å². The molecule has 1 fully saturated rings. The average Bonchev–Trinajstić information content (AvgIpc) is 2.63. The van der Waals surface area contributed by atoms with Crippen molar-refractivity contribution in [1.29, 1.82) is 0 Å². The van der Waals surface area contributed by atoms with Gasteiger partial charge in [-0.3, -0.25) is 10.1 Å². The largest absolute Gasteiger partial charge is 0.459 e. The van der Waals surface area contributed by atoms with Crippen LogP contribution in [0, 0.1) is 16.0 Å². The number of nitrogens with zero attached hydrogens (tertiary/aromatic N) is 1. The molecular formula is C19H23N3O5. The minimum absolute atomic E-state index is 0.0554. The zero-order chi connectivity index (χ0) is 19.6. The number of allylic oxidation sites excluding steroid dienone is 1. The summed E-state index contributed by atoms with van der Waals surface area (Å²) in [6.07, 6.45) is 3.60. The van der Waals surface area contributed by atoms with E-state index in [-0.39, 0.29) is 11.8 Å². The molecule has 2 aliphatic rings. The molecular weight excluding hydrogens is 350 g/mol. The fraction of sp³-hybridized carbons (Fsp3) is 0.474. The van der Waals surface area contributed by atoms with Gasteiger partial charge in [-0.25, -0.2) is 9.59 Å². The molecule has 0 unspecified atom stereocenters. The molecule has 8 nitrogen and oxygen atoms in total. The van der Waals surface area contributed by atoms with Crippen LogP contribution in [0.15, 0.2) is 35.5 Å². The summed E-state index contributed by atoms with van der Waals surface area (Å²) in [5, 5.41) is 16.2. The lowest BCUT2D eigenvalue weighted by Crippen LogP contribution is -2.45. The average molecular weight is 373 g/mol. The van der Waals surface area contributed by atoms with Gasteiger partial charge in [0.05, 0.1) is 16.5 Å². The monoisotopic (exact) mass is 373 g/mol. The van der Waals surface area contributed by atoms with Crippen molar-refractivity contribution < 1.29 is 19.2 Å². The molecule has 1 saturated carbocycles. The van der Waals surface area contributed by atoms with E-state index in [4.69, 9.17) is 4.74 Å². The van der Waals surface area contributed by atoms with Crippen LogP contribution in [0.3, 0.4) is 0 Å². The molecule has 27 heavy (non-hydrogen) atoms. The number of benzene rings is 1. The van der Waals surface area contributed by atoms with Crippen LogP contribution in [0.5, 0.6) is 0 Å². The first-order chi connectivity index (χ1) is 12.8. The second-order valence-corrected chi connectivity index (χ2v) is 7.21. The summed E-state index contributed by atoms with van der Waals surface area (Å²) in [5.74, 6) is 0.173. The first-order valence-electron chi connectivity index (χ1n) is 9.08. The van der Waals surface area contributed by atoms with E-state index in [2.05, 4.69) is 17.6 Å². The van der Waals surface area contributed by atoms with Crippen molar-refractivity contribution in [2.45, 2.75) is 51.7 Å². The lowest BCUT2D eigenvalue weighted by atomic mass is 9.89. The number of amides is 2. The Bertz CT molecular complexity index is 779. The number of hydrogen-bond donors (Lipinski definition) is 2. The highest BCUT2D eigenvalue weighted by Crippen LogP contribution is 2.31. The van der Waals surface area contributed by atoms with Gasteiger partial charge in [0, 0.05) is 17.8 Å². The van der Waals surface area contributed by atoms with Crippen LogP contribution < -0.4 is 10.6 Å². The number of urea groups is 1. The molecule has 1 aromatic rings. The SMILES string of the molecule is CC1=C(C(=O)OC2CCC(C)CC2)[C@@H](c2ccc([N+](=O)[O-])cc2)NC(=O)N1. The molecule has 2 amide bonds. The summed E-state index contributed by atoms with van der Waals surface area (Å²) >= 11 is 0. The van der Waals surface area contributed by atoms with E-state index in [1.807, 2.05) is 0 Å². The summed E-state index contributed by atoms with van der Waals surface area (Å²) in [7, 11) is 0. The third-order valence-corrected chi connectivity index (χ3v) is 5.16. The smallest absolute Gasteiger partial charge is 0.338 e. The molecule has 8 heteroatoms. The van der Waals surface area contributed by atoms with E-state index < -0.39 is 23.0 Å². The highest BCUT2D eigenvalue weighted by molar-refractivity contribution is 5.95. The summed E-state index contributed by atoms with van der Waals surface area (Å²) in [6, 6.07) is 4.64. The fourth-order valence-corrected chi connectivity index (χ4v) is 3.57. The third-order valence-electron chi connectivity index (χ3n) is 5.16. The van der Waals surface area contributed by atoms with Gasteiger partial charge < -0.3 is 15.4 Å². The topological polar surface area (TPSA) is 111 Å².